The van der Waals surface area contributed by atoms with Crippen LogP contribution in [0.2, 0.25) is 0 Å². The molecule has 1 aromatic heterocycles. The molecule has 0 unspecified atom stereocenters. The fourth-order valence-corrected chi connectivity index (χ4v) is 4.62. The molecule has 0 spiro atoms. The molecule has 0 aliphatic rings. The summed E-state index contributed by atoms with van der Waals surface area (Å²) in [5, 5.41) is 3.50. The molecule has 0 saturated heterocycles. The number of carbonyl (C=O) groups is 1. The second-order valence-electron chi connectivity index (χ2n) is 9.82. The lowest BCUT2D eigenvalue weighted by molar-refractivity contribution is -0.117. The number of halogens is 2. The lowest BCUT2D eigenvalue weighted by atomic mass is 9.98. The van der Waals surface area contributed by atoms with Crippen LogP contribution in [0.4, 0.5) is 14.6 Å². The van der Waals surface area contributed by atoms with Crippen LogP contribution in [0, 0.1) is 13.8 Å². The van der Waals surface area contributed by atoms with Gasteiger partial charge in [-0.05, 0) is 43.0 Å². The van der Waals surface area contributed by atoms with Crippen molar-refractivity contribution in [1.82, 2.24) is 9.97 Å². The number of Topliss-reactive ketones (excluding diaryl/α,β-unsaturated/α-hetero) is 1. The summed E-state index contributed by atoms with van der Waals surface area (Å²) in [6.45, 7) is 7.75. The first-order chi connectivity index (χ1) is 18.2. The number of rotatable bonds is 10. The molecule has 4 rings (SSSR count). The zero-order valence-electron chi connectivity index (χ0n) is 22.3. The molecule has 0 fully saturated rings. The highest BCUT2D eigenvalue weighted by atomic mass is 19.3. The van der Waals surface area contributed by atoms with E-state index < -0.39 is 5.92 Å². The fourth-order valence-electron chi connectivity index (χ4n) is 4.62. The monoisotopic (exact) mass is 513 g/mol. The third-order valence-corrected chi connectivity index (χ3v) is 6.79. The molecule has 6 heteroatoms. The summed E-state index contributed by atoms with van der Waals surface area (Å²) >= 11 is 0. The zero-order chi connectivity index (χ0) is 27.3. The second kappa shape index (κ2) is 11.6. The SMILES string of the molecule is CCC(F)(F)c1ccc(CC(=O)Cc2ccc(-c3nccnc3N[C@@H](C)c3ccc(C)cc3C)cc2)cc1. The highest BCUT2D eigenvalue weighted by Gasteiger charge is 2.28. The number of nitrogens with zero attached hydrogens (tertiary/aromatic N) is 2. The van der Waals surface area contributed by atoms with E-state index in [0.717, 1.165) is 22.4 Å². The van der Waals surface area contributed by atoms with Crippen molar-refractivity contribution < 1.29 is 13.6 Å². The Kier molecular flexibility index (Phi) is 8.30. The van der Waals surface area contributed by atoms with E-state index in [1.54, 1.807) is 24.5 Å². The van der Waals surface area contributed by atoms with Gasteiger partial charge >= 0.3 is 0 Å². The van der Waals surface area contributed by atoms with Crippen molar-refractivity contribution in [3.8, 4) is 11.3 Å². The number of nitrogens with one attached hydrogen (secondary N) is 1. The van der Waals surface area contributed by atoms with Crippen LogP contribution in [0.15, 0.2) is 79.1 Å². The van der Waals surface area contributed by atoms with Gasteiger partial charge in [0, 0.05) is 42.8 Å². The Morgan fingerprint density at radius 2 is 1.50 bits per heavy atom. The molecule has 4 nitrogen and oxygen atoms in total. The molecule has 0 radical (unpaired) electrons. The summed E-state index contributed by atoms with van der Waals surface area (Å²) in [5.41, 5.74) is 6.89. The van der Waals surface area contributed by atoms with Crippen molar-refractivity contribution in [2.45, 2.75) is 58.9 Å². The number of aromatic nitrogens is 2. The predicted octanol–water partition coefficient (Wildman–Crippen LogP) is 7.79. The molecule has 3 aromatic carbocycles. The Morgan fingerprint density at radius 3 is 2.11 bits per heavy atom. The number of aryl methyl sites for hydroxylation is 2. The third kappa shape index (κ3) is 6.49. The molecule has 38 heavy (non-hydrogen) atoms. The molecule has 0 aliphatic carbocycles. The summed E-state index contributed by atoms with van der Waals surface area (Å²) in [6, 6.07) is 20.2. The van der Waals surface area contributed by atoms with Crippen molar-refractivity contribution in [3.63, 3.8) is 0 Å². The number of benzene rings is 3. The first-order valence-corrected chi connectivity index (χ1v) is 12.9. The van der Waals surface area contributed by atoms with Crippen LogP contribution in [0.1, 0.15) is 59.7 Å². The maximum atomic E-state index is 13.8. The van der Waals surface area contributed by atoms with Gasteiger partial charge in [0.2, 0.25) is 0 Å². The second-order valence-corrected chi connectivity index (χ2v) is 9.82. The van der Waals surface area contributed by atoms with Gasteiger partial charge < -0.3 is 5.32 Å². The van der Waals surface area contributed by atoms with E-state index in [0.29, 0.717) is 5.82 Å². The van der Waals surface area contributed by atoms with Crippen LogP contribution in [0.3, 0.4) is 0 Å². The molecule has 196 valence electrons. The van der Waals surface area contributed by atoms with Crippen molar-refractivity contribution in [1.29, 1.82) is 0 Å². The number of anilines is 1. The summed E-state index contributed by atoms with van der Waals surface area (Å²) in [5.74, 6) is -2.13. The van der Waals surface area contributed by atoms with Gasteiger partial charge in [0.05, 0.1) is 6.04 Å². The molecule has 0 amide bonds. The van der Waals surface area contributed by atoms with Crippen LogP contribution in [0.5, 0.6) is 0 Å². The third-order valence-electron chi connectivity index (χ3n) is 6.79. The topological polar surface area (TPSA) is 54.9 Å². The van der Waals surface area contributed by atoms with Crippen molar-refractivity contribution in [2.75, 3.05) is 5.32 Å². The molecule has 0 saturated carbocycles. The molecule has 0 aliphatic heterocycles. The van der Waals surface area contributed by atoms with Crippen LogP contribution in [-0.4, -0.2) is 15.8 Å². The van der Waals surface area contributed by atoms with Gasteiger partial charge in [-0.3, -0.25) is 9.78 Å². The minimum absolute atomic E-state index is 0.0203. The standard InChI is InChI=1S/C32H33F2N3O/c1-5-32(33,34)27-13-9-25(10-14-27)20-28(38)19-24-7-11-26(12-8-24)30-31(36-17-16-35-30)37-23(4)29-15-6-21(2)18-22(29)3/h6-18,23H,5,19-20H2,1-4H3,(H,36,37)/t23-/m0/s1. The van der Waals surface area contributed by atoms with Crippen molar-refractivity contribution >= 4 is 11.6 Å². The summed E-state index contributed by atoms with van der Waals surface area (Å²) < 4.78 is 27.7. The predicted molar refractivity (Wildman–Crippen MR) is 148 cm³/mol. The largest absolute Gasteiger partial charge is 0.362 e. The van der Waals surface area contributed by atoms with Gasteiger partial charge in [-0.25, -0.2) is 13.8 Å². The molecule has 1 atom stereocenters. The molecule has 0 bridgehead atoms. The van der Waals surface area contributed by atoms with Crippen LogP contribution < -0.4 is 5.32 Å². The van der Waals surface area contributed by atoms with E-state index in [1.807, 2.05) is 24.3 Å². The van der Waals surface area contributed by atoms with Crippen LogP contribution in [-0.2, 0) is 23.6 Å². The van der Waals surface area contributed by atoms with Gasteiger partial charge in [0.25, 0.3) is 5.92 Å². The van der Waals surface area contributed by atoms with Gasteiger partial charge in [-0.2, -0.15) is 0 Å². The summed E-state index contributed by atoms with van der Waals surface area (Å²) in [7, 11) is 0. The first-order valence-electron chi connectivity index (χ1n) is 12.9. The van der Waals surface area contributed by atoms with Gasteiger partial charge in [0.1, 0.15) is 11.5 Å². The van der Waals surface area contributed by atoms with E-state index in [-0.39, 0.29) is 36.7 Å². The van der Waals surface area contributed by atoms with E-state index in [9.17, 15) is 13.6 Å². The Labute approximate surface area is 223 Å². The number of alkyl halides is 2. The Balaban J connectivity index is 1.42. The van der Waals surface area contributed by atoms with E-state index >= 15 is 0 Å². The summed E-state index contributed by atoms with van der Waals surface area (Å²) in [4.78, 5) is 21.8. The van der Waals surface area contributed by atoms with Crippen molar-refractivity contribution in [3.05, 3.63) is 113 Å². The molecule has 1 heterocycles. The lowest BCUT2D eigenvalue weighted by Gasteiger charge is -2.19. The van der Waals surface area contributed by atoms with Crippen LogP contribution in [0.25, 0.3) is 11.3 Å². The van der Waals surface area contributed by atoms with Gasteiger partial charge in [-0.15, -0.1) is 0 Å². The highest BCUT2D eigenvalue weighted by Crippen LogP contribution is 2.31. The molecular formula is C32H33F2N3O. The molecule has 4 aromatic rings. The quantitative estimate of drug-likeness (QED) is 0.235. The summed E-state index contributed by atoms with van der Waals surface area (Å²) in [6.07, 6.45) is 3.56. The van der Waals surface area contributed by atoms with Gasteiger partial charge in [0.15, 0.2) is 5.82 Å². The van der Waals surface area contributed by atoms with Gasteiger partial charge in [-0.1, -0.05) is 79.2 Å². The normalized spacial score (nSPS) is 12.3. The Morgan fingerprint density at radius 1 is 0.895 bits per heavy atom. The van der Waals surface area contributed by atoms with E-state index in [2.05, 4.69) is 54.3 Å². The van der Waals surface area contributed by atoms with Crippen molar-refractivity contribution in [2.24, 2.45) is 0 Å². The van der Waals surface area contributed by atoms with E-state index in [1.165, 1.54) is 35.7 Å². The molecule has 1 N–H and O–H groups in total. The van der Waals surface area contributed by atoms with Crippen LogP contribution >= 0.6 is 0 Å². The highest BCUT2D eigenvalue weighted by molar-refractivity contribution is 5.83. The Hall–Kier alpha value is -3.93. The Bertz CT molecular complexity index is 1400. The number of hydrogen-bond donors (Lipinski definition) is 1. The lowest BCUT2D eigenvalue weighted by Crippen LogP contribution is -2.12. The minimum atomic E-state index is -2.85. The first kappa shape index (κ1) is 27.1. The maximum absolute atomic E-state index is 13.8. The number of hydrogen-bond acceptors (Lipinski definition) is 4. The number of carbonyl (C=O) groups excluding carboxylic acids is 1. The average molecular weight is 514 g/mol. The number of ketones is 1. The fraction of sp³-hybridized carbons (Fsp3) is 0.281. The zero-order valence-corrected chi connectivity index (χ0v) is 22.3. The van der Waals surface area contributed by atoms with E-state index in [4.69, 9.17) is 0 Å². The molecular weight excluding hydrogens is 480 g/mol. The average Bonchev–Trinajstić information content (AvgIpc) is 2.89. The smallest absolute Gasteiger partial charge is 0.273 e. The maximum Gasteiger partial charge on any atom is 0.273 e. The minimum Gasteiger partial charge on any atom is -0.362 e.